The Hall–Kier alpha value is -2.42. The van der Waals surface area contributed by atoms with Crippen molar-refractivity contribution in [2.75, 3.05) is 10.7 Å². The van der Waals surface area contributed by atoms with Gasteiger partial charge in [0.2, 0.25) is 5.91 Å². The third-order valence-electron chi connectivity index (χ3n) is 2.23. The van der Waals surface area contributed by atoms with Crippen molar-refractivity contribution in [2.45, 2.75) is 19.4 Å². The fraction of sp³-hybridized carbons (Fsp3) is 0.333. The fourth-order valence-electron chi connectivity index (χ4n) is 1.14. The van der Waals surface area contributed by atoms with Gasteiger partial charge >= 0.3 is 0 Å². The van der Waals surface area contributed by atoms with Gasteiger partial charge in [-0.05, 0) is 13.8 Å². The van der Waals surface area contributed by atoms with Gasteiger partial charge in [0.15, 0.2) is 0 Å². The molecule has 9 heteroatoms. The van der Waals surface area contributed by atoms with Crippen molar-refractivity contribution in [1.29, 1.82) is 0 Å². The second-order valence-corrected chi connectivity index (χ2v) is 4.11. The smallest absolute Gasteiger partial charge is 0.276 e. The number of primary amides is 1. The van der Waals surface area contributed by atoms with E-state index in [1.807, 2.05) is 0 Å². The molecule has 9 nitrogen and oxygen atoms in total. The number of hydrogen-bond acceptors (Lipinski definition) is 7. The minimum absolute atomic E-state index is 0.104. The van der Waals surface area contributed by atoms with Gasteiger partial charge in [0.05, 0.1) is 17.1 Å². The number of carbonyl (C=O) groups is 1. The first-order valence-electron chi connectivity index (χ1n) is 4.97. The quantitative estimate of drug-likeness (QED) is 0.327. The lowest BCUT2D eigenvalue weighted by atomic mass is 10.1. The van der Waals surface area contributed by atoms with Crippen LogP contribution < -0.4 is 22.3 Å². The van der Waals surface area contributed by atoms with E-state index in [-0.39, 0.29) is 17.3 Å². The van der Waals surface area contributed by atoms with E-state index in [2.05, 4.69) is 15.7 Å². The number of hydrazine groups is 1. The lowest BCUT2D eigenvalue weighted by Gasteiger charge is -2.22. The molecule has 98 valence electrons. The van der Waals surface area contributed by atoms with E-state index < -0.39 is 16.4 Å². The molecule has 0 atom stereocenters. The summed E-state index contributed by atoms with van der Waals surface area (Å²) in [5.41, 5.74) is 6.09. The van der Waals surface area contributed by atoms with Gasteiger partial charge in [-0.2, -0.15) is 0 Å². The van der Waals surface area contributed by atoms with Gasteiger partial charge < -0.3 is 16.5 Å². The summed E-state index contributed by atoms with van der Waals surface area (Å²) in [6.45, 7) is 3.07. The van der Waals surface area contributed by atoms with Crippen LogP contribution in [0.5, 0.6) is 0 Å². The number of hydrogen-bond donors (Lipinski definition) is 4. The number of rotatable bonds is 5. The van der Waals surface area contributed by atoms with Crippen LogP contribution in [0.2, 0.25) is 0 Å². The van der Waals surface area contributed by atoms with Crippen molar-refractivity contribution in [3.8, 4) is 0 Å². The molecule has 0 fully saturated rings. The second kappa shape index (κ2) is 4.84. The SMILES string of the molecule is CC(C)(Nc1cc([N+](=O)[O-])cc(NN)n1)C(N)=O. The first kappa shape index (κ1) is 13.6. The second-order valence-electron chi connectivity index (χ2n) is 4.11. The Morgan fingerprint density at radius 2 is 2.00 bits per heavy atom. The van der Waals surface area contributed by atoms with E-state index in [4.69, 9.17) is 11.6 Å². The number of anilines is 2. The number of nitrogen functional groups attached to an aromatic ring is 1. The molecule has 0 radical (unpaired) electrons. The zero-order chi connectivity index (χ0) is 13.9. The van der Waals surface area contributed by atoms with Gasteiger partial charge in [0.25, 0.3) is 5.69 Å². The molecule has 0 aliphatic rings. The summed E-state index contributed by atoms with van der Waals surface area (Å²) in [5.74, 6) is 4.77. The Labute approximate surface area is 103 Å². The number of nitro groups is 1. The molecule has 0 saturated heterocycles. The maximum Gasteiger partial charge on any atom is 0.276 e. The van der Waals surface area contributed by atoms with E-state index in [1.54, 1.807) is 0 Å². The summed E-state index contributed by atoms with van der Waals surface area (Å²) in [4.78, 5) is 25.2. The van der Waals surface area contributed by atoms with Crippen LogP contribution in [0.25, 0.3) is 0 Å². The molecule has 0 unspecified atom stereocenters. The summed E-state index contributed by atoms with van der Waals surface area (Å²) >= 11 is 0. The van der Waals surface area contributed by atoms with Gasteiger partial charge in [0, 0.05) is 0 Å². The highest BCUT2D eigenvalue weighted by Crippen LogP contribution is 2.22. The lowest BCUT2D eigenvalue weighted by Crippen LogP contribution is -2.45. The minimum Gasteiger partial charge on any atom is -0.368 e. The normalized spacial score (nSPS) is 10.8. The zero-order valence-electron chi connectivity index (χ0n) is 9.93. The first-order valence-corrected chi connectivity index (χ1v) is 4.97. The average molecular weight is 254 g/mol. The molecule has 0 aliphatic heterocycles. The lowest BCUT2D eigenvalue weighted by molar-refractivity contribution is -0.384. The molecule has 1 aromatic heterocycles. The molecule has 0 aromatic carbocycles. The molecule has 0 aliphatic carbocycles. The minimum atomic E-state index is -1.09. The van der Waals surface area contributed by atoms with Gasteiger partial charge in [0.1, 0.15) is 17.2 Å². The van der Waals surface area contributed by atoms with Crippen LogP contribution in [-0.4, -0.2) is 21.4 Å². The average Bonchev–Trinajstić information content (AvgIpc) is 2.27. The van der Waals surface area contributed by atoms with E-state index in [1.165, 1.54) is 26.0 Å². The van der Waals surface area contributed by atoms with Crippen molar-refractivity contribution in [1.82, 2.24) is 4.98 Å². The summed E-state index contributed by atoms with van der Waals surface area (Å²) in [6, 6.07) is 2.36. The van der Waals surface area contributed by atoms with Crippen LogP contribution in [0, 0.1) is 10.1 Å². The third kappa shape index (κ3) is 3.04. The molecule has 18 heavy (non-hydrogen) atoms. The van der Waals surface area contributed by atoms with Crippen LogP contribution >= 0.6 is 0 Å². The maximum atomic E-state index is 11.2. The van der Waals surface area contributed by atoms with Crippen LogP contribution in [0.1, 0.15) is 13.8 Å². The number of amides is 1. The fourth-order valence-corrected chi connectivity index (χ4v) is 1.14. The van der Waals surface area contributed by atoms with Crippen molar-refractivity contribution >= 4 is 23.2 Å². The van der Waals surface area contributed by atoms with Crippen molar-refractivity contribution in [3.63, 3.8) is 0 Å². The molecule has 1 heterocycles. The third-order valence-corrected chi connectivity index (χ3v) is 2.23. The molecular weight excluding hydrogens is 240 g/mol. The summed E-state index contributed by atoms with van der Waals surface area (Å²) in [7, 11) is 0. The van der Waals surface area contributed by atoms with E-state index in [0.717, 1.165) is 0 Å². The van der Waals surface area contributed by atoms with Crippen molar-refractivity contribution in [3.05, 3.63) is 22.2 Å². The summed E-state index contributed by atoms with van der Waals surface area (Å²) < 4.78 is 0. The van der Waals surface area contributed by atoms with Crippen molar-refractivity contribution in [2.24, 2.45) is 11.6 Å². The maximum absolute atomic E-state index is 11.2. The largest absolute Gasteiger partial charge is 0.368 e. The molecular formula is C9H14N6O3. The number of nitrogens with two attached hydrogens (primary N) is 2. The Kier molecular flexibility index (Phi) is 3.67. The van der Waals surface area contributed by atoms with Crippen LogP contribution in [-0.2, 0) is 4.79 Å². The monoisotopic (exact) mass is 254 g/mol. The standard InChI is InChI=1S/C9H14N6O3/c1-9(2,8(10)16)13-6-3-5(15(17)18)4-7(12-6)14-11/h3-4H,11H2,1-2H3,(H2,10,16)(H2,12,13,14). The molecule has 1 rings (SSSR count). The number of carbonyl (C=O) groups excluding carboxylic acids is 1. The first-order chi connectivity index (χ1) is 8.26. The molecule has 0 bridgehead atoms. The van der Waals surface area contributed by atoms with Gasteiger partial charge in [-0.25, -0.2) is 10.8 Å². The van der Waals surface area contributed by atoms with Crippen molar-refractivity contribution < 1.29 is 9.72 Å². The molecule has 6 N–H and O–H groups in total. The topological polar surface area (TPSA) is 149 Å². The number of nitrogens with zero attached hydrogens (tertiary/aromatic N) is 2. The highest BCUT2D eigenvalue weighted by molar-refractivity contribution is 5.86. The molecule has 0 saturated carbocycles. The van der Waals surface area contributed by atoms with Crippen LogP contribution in [0.4, 0.5) is 17.3 Å². The number of nitrogens with one attached hydrogen (secondary N) is 2. The highest BCUT2D eigenvalue weighted by atomic mass is 16.6. The summed E-state index contributed by atoms with van der Waals surface area (Å²) in [5, 5.41) is 13.4. The predicted octanol–water partition coefficient (Wildman–Crippen LogP) is -0.0488. The Balaban J connectivity index is 3.13. The van der Waals surface area contributed by atoms with Gasteiger partial charge in [-0.3, -0.25) is 14.9 Å². The Morgan fingerprint density at radius 3 is 2.44 bits per heavy atom. The predicted molar refractivity (Wildman–Crippen MR) is 65.6 cm³/mol. The van der Waals surface area contributed by atoms with E-state index >= 15 is 0 Å². The highest BCUT2D eigenvalue weighted by Gasteiger charge is 2.26. The van der Waals surface area contributed by atoms with Gasteiger partial charge in [-0.1, -0.05) is 0 Å². The number of aromatic nitrogens is 1. The Morgan fingerprint density at radius 1 is 1.44 bits per heavy atom. The number of pyridine rings is 1. The van der Waals surface area contributed by atoms with Crippen LogP contribution in [0.3, 0.4) is 0 Å². The molecule has 0 spiro atoms. The Bertz CT molecular complexity index is 487. The van der Waals surface area contributed by atoms with Crippen LogP contribution in [0.15, 0.2) is 12.1 Å². The van der Waals surface area contributed by atoms with Gasteiger partial charge in [-0.15, -0.1) is 0 Å². The van der Waals surface area contributed by atoms with E-state index in [9.17, 15) is 14.9 Å². The molecule has 1 amide bonds. The molecule has 1 aromatic rings. The summed E-state index contributed by atoms with van der Waals surface area (Å²) in [6.07, 6.45) is 0. The van der Waals surface area contributed by atoms with E-state index in [0.29, 0.717) is 0 Å². The zero-order valence-corrected chi connectivity index (χ0v) is 9.93.